The lowest BCUT2D eigenvalue weighted by Gasteiger charge is -2.05. The van der Waals surface area contributed by atoms with Crippen LogP contribution in [0.1, 0.15) is 30.6 Å². The van der Waals surface area contributed by atoms with Gasteiger partial charge in [0.25, 0.3) is 0 Å². The summed E-state index contributed by atoms with van der Waals surface area (Å²) in [5.41, 5.74) is 0.787. The zero-order valence-electron chi connectivity index (χ0n) is 10.3. The van der Waals surface area contributed by atoms with Gasteiger partial charge in [-0.1, -0.05) is 13.8 Å². The number of fused-ring (bicyclic) bond motifs is 1. The van der Waals surface area contributed by atoms with E-state index in [9.17, 15) is 9.59 Å². The maximum absolute atomic E-state index is 11.8. The topological polar surface area (TPSA) is 88.0 Å². The molecule has 2 rings (SSSR count). The van der Waals surface area contributed by atoms with Crippen LogP contribution in [0.25, 0.3) is 11.2 Å². The molecule has 0 aliphatic carbocycles. The van der Waals surface area contributed by atoms with Gasteiger partial charge in [0.15, 0.2) is 5.65 Å². The number of carboxylic acids is 1. The van der Waals surface area contributed by atoms with Gasteiger partial charge >= 0.3 is 11.7 Å². The van der Waals surface area contributed by atoms with Gasteiger partial charge in [-0.15, -0.1) is 0 Å². The minimum Gasteiger partial charge on any atom is -0.478 e. The van der Waals surface area contributed by atoms with E-state index in [0.29, 0.717) is 23.6 Å². The predicted octanol–water partition coefficient (Wildman–Crippen LogP) is 1.47. The van der Waals surface area contributed by atoms with Crippen LogP contribution in [0.4, 0.5) is 0 Å². The van der Waals surface area contributed by atoms with Gasteiger partial charge in [-0.3, -0.25) is 4.57 Å². The molecule has 18 heavy (non-hydrogen) atoms. The lowest BCUT2D eigenvalue weighted by atomic mass is 10.1. The molecule has 0 fully saturated rings. The number of carboxylic acid groups (broad SMARTS) is 1. The molecule has 0 spiro atoms. The first-order valence-electron chi connectivity index (χ1n) is 5.81. The number of aryl methyl sites for hydroxylation is 1. The smallest absolute Gasteiger partial charge is 0.337 e. The van der Waals surface area contributed by atoms with E-state index in [4.69, 9.17) is 5.11 Å². The van der Waals surface area contributed by atoms with Crippen LogP contribution >= 0.6 is 0 Å². The maximum Gasteiger partial charge on any atom is 0.337 e. The summed E-state index contributed by atoms with van der Waals surface area (Å²) in [5.74, 6) is -0.569. The van der Waals surface area contributed by atoms with Gasteiger partial charge in [0.1, 0.15) is 0 Å². The van der Waals surface area contributed by atoms with E-state index in [1.807, 2.05) is 0 Å². The van der Waals surface area contributed by atoms with E-state index in [-0.39, 0.29) is 11.3 Å². The number of hydrogen-bond donors (Lipinski definition) is 2. The van der Waals surface area contributed by atoms with Gasteiger partial charge in [-0.2, -0.15) is 0 Å². The van der Waals surface area contributed by atoms with Crippen molar-refractivity contribution in [3.05, 3.63) is 28.3 Å². The Morgan fingerprint density at radius 3 is 2.89 bits per heavy atom. The van der Waals surface area contributed by atoms with Crippen LogP contribution in [0.15, 0.2) is 17.1 Å². The minimum absolute atomic E-state index is 0.0692. The summed E-state index contributed by atoms with van der Waals surface area (Å²) in [6, 6.07) is 1.43. The van der Waals surface area contributed by atoms with Crippen molar-refractivity contribution >= 4 is 17.1 Å². The van der Waals surface area contributed by atoms with Crippen LogP contribution in [0.5, 0.6) is 0 Å². The Morgan fingerprint density at radius 1 is 1.56 bits per heavy atom. The molecule has 6 heteroatoms. The van der Waals surface area contributed by atoms with Crippen LogP contribution < -0.4 is 5.69 Å². The number of aromatic nitrogens is 3. The number of rotatable bonds is 4. The SMILES string of the molecule is CC(C)CCn1c(=O)[nH]c2cc(C(=O)O)cnc21. The number of imidazole rings is 1. The minimum atomic E-state index is -1.06. The molecule has 0 radical (unpaired) electrons. The molecule has 6 nitrogen and oxygen atoms in total. The highest BCUT2D eigenvalue weighted by Crippen LogP contribution is 2.11. The predicted molar refractivity (Wildman–Crippen MR) is 66.8 cm³/mol. The molecule has 2 aromatic rings. The second-order valence-corrected chi connectivity index (χ2v) is 4.66. The highest BCUT2D eigenvalue weighted by Gasteiger charge is 2.11. The fourth-order valence-electron chi connectivity index (χ4n) is 1.76. The third-order valence-corrected chi connectivity index (χ3v) is 2.79. The van der Waals surface area contributed by atoms with E-state index in [1.165, 1.54) is 12.3 Å². The van der Waals surface area contributed by atoms with E-state index in [0.717, 1.165) is 6.42 Å². The van der Waals surface area contributed by atoms with Crippen molar-refractivity contribution in [2.45, 2.75) is 26.8 Å². The molecule has 0 atom stereocenters. The summed E-state index contributed by atoms with van der Waals surface area (Å²) in [7, 11) is 0. The summed E-state index contributed by atoms with van der Waals surface area (Å²) in [5, 5.41) is 8.86. The molecule has 96 valence electrons. The molecule has 0 saturated heterocycles. The molecule has 2 heterocycles. The molecular weight excluding hydrogens is 234 g/mol. The highest BCUT2D eigenvalue weighted by atomic mass is 16.4. The van der Waals surface area contributed by atoms with Crippen molar-refractivity contribution in [2.75, 3.05) is 0 Å². The van der Waals surface area contributed by atoms with Gasteiger partial charge in [-0.05, 0) is 18.4 Å². The summed E-state index contributed by atoms with van der Waals surface area (Å²) < 4.78 is 1.54. The zero-order chi connectivity index (χ0) is 13.3. The van der Waals surface area contributed by atoms with Gasteiger partial charge < -0.3 is 10.1 Å². The van der Waals surface area contributed by atoms with Gasteiger partial charge in [0.05, 0.1) is 11.1 Å². The third kappa shape index (κ3) is 2.27. The van der Waals surface area contributed by atoms with Crippen molar-refractivity contribution in [1.82, 2.24) is 14.5 Å². The summed E-state index contributed by atoms with van der Waals surface area (Å²) in [4.78, 5) is 29.2. The number of nitrogens with one attached hydrogen (secondary N) is 1. The van der Waals surface area contributed by atoms with Crippen molar-refractivity contribution < 1.29 is 9.90 Å². The van der Waals surface area contributed by atoms with Crippen molar-refractivity contribution in [3.8, 4) is 0 Å². The maximum atomic E-state index is 11.8. The fraction of sp³-hybridized carbons (Fsp3) is 0.417. The Balaban J connectivity index is 2.45. The Labute approximate surface area is 103 Å². The van der Waals surface area contributed by atoms with Gasteiger partial charge in [-0.25, -0.2) is 14.6 Å². The van der Waals surface area contributed by atoms with E-state index in [1.54, 1.807) is 4.57 Å². The van der Waals surface area contributed by atoms with Crippen LogP contribution in [0.3, 0.4) is 0 Å². The number of pyridine rings is 1. The second-order valence-electron chi connectivity index (χ2n) is 4.66. The van der Waals surface area contributed by atoms with E-state index in [2.05, 4.69) is 23.8 Å². The second kappa shape index (κ2) is 4.64. The van der Waals surface area contributed by atoms with Crippen LogP contribution in [-0.4, -0.2) is 25.6 Å². The number of aromatic amines is 1. The molecule has 0 saturated carbocycles. The van der Waals surface area contributed by atoms with Gasteiger partial charge in [0.2, 0.25) is 0 Å². The lowest BCUT2D eigenvalue weighted by Crippen LogP contribution is -2.18. The first kappa shape index (κ1) is 12.3. The lowest BCUT2D eigenvalue weighted by molar-refractivity contribution is 0.0696. The first-order chi connectivity index (χ1) is 8.49. The standard InChI is InChI=1S/C12H15N3O3/c1-7(2)3-4-15-10-9(14-12(15)18)5-8(6-13-10)11(16)17/h5-7H,3-4H2,1-2H3,(H,14,18)(H,16,17). The third-order valence-electron chi connectivity index (χ3n) is 2.79. The molecule has 2 aromatic heterocycles. The average Bonchev–Trinajstić information content (AvgIpc) is 2.60. The molecule has 0 bridgehead atoms. The molecule has 0 aromatic carbocycles. The number of hydrogen-bond acceptors (Lipinski definition) is 3. The fourth-order valence-corrected chi connectivity index (χ4v) is 1.76. The number of carbonyl (C=O) groups is 1. The summed E-state index contributed by atoms with van der Waals surface area (Å²) in [6.45, 7) is 4.74. The summed E-state index contributed by atoms with van der Waals surface area (Å²) >= 11 is 0. The Kier molecular flexibility index (Phi) is 3.18. The van der Waals surface area contributed by atoms with Crippen molar-refractivity contribution in [2.24, 2.45) is 5.92 Å². The molecule has 0 amide bonds. The number of H-pyrrole nitrogens is 1. The number of aromatic carboxylic acids is 1. The van der Waals surface area contributed by atoms with Crippen LogP contribution in [0, 0.1) is 5.92 Å². The zero-order valence-corrected chi connectivity index (χ0v) is 10.3. The molecular formula is C12H15N3O3. The molecule has 0 unspecified atom stereocenters. The normalized spacial score (nSPS) is 11.3. The summed E-state index contributed by atoms with van der Waals surface area (Å²) in [6.07, 6.45) is 2.14. The van der Waals surface area contributed by atoms with E-state index >= 15 is 0 Å². The molecule has 0 aliphatic heterocycles. The quantitative estimate of drug-likeness (QED) is 0.858. The molecule has 2 N–H and O–H groups in total. The first-order valence-corrected chi connectivity index (χ1v) is 5.81. The van der Waals surface area contributed by atoms with Crippen molar-refractivity contribution in [3.63, 3.8) is 0 Å². The van der Waals surface area contributed by atoms with Gasteiger partial charge in [0, 0.05) is 12.7 Å². The van der Waals surface area contributed by atoms with E-state index < -0.39 is 5.97 Å². The monoisotopic (exact) mass is 249 g/mol. The Hall–Kier alpha value is -2.11. The Morgan fingerprint density at radius 2 is 2.28 bits per heavy atom. The van der Waals surface area contributed by atoms with Crippen LogP contribution in [-0.2, 0) is 6.54 Å². The Bertz CT molecular complexity index is 640. The number of nitrogens with zero attached hydrogens (tertiary/aromatic N) is 2. The molecule has 0 aliphatic rings. The van der Waals surface area contributed by atoms with Crippen LogP contribution in [0.2, 0.25) is 0 Å². The van der Waals surface area contributed by atoms with Crippen molar-refractivity contribution in [1.29, 1.82) is 0 Å². The highest BCUT2D eigenvalue weighted by molar-refractivity contribution is 5.90. The largest absolute Gasteiger partial charge is 0.478 e. The average molecular weight is 249 g/mol.